The largest absolute Gasteiger partial charge is 0.383 e. The molecular weight excluding hydrogens is 323 g/mol. The topological polar surface area (TPSA) is 106 Å². The number of nitro groups is 1. The average molecular weight is 334 g/mol. The second-order valence-corrected chi connectivity index (χ2v) is 5.21. The minimum Gasteiger partial charge on any atom is -0.383 e. The van der Waals surface area contributed by atoms with Crippen LogP contribution < -0.4 is 5.73 Å². The molecule has 0 atom stereocenters. The van der Waals surface area contributed by atoms with Crippen LogP contribution in [0, 0.1) is 27.3 Å². The summed E-state index contributed by atoms with van der Waals surface area (Å²) >= 11 is 0. The molecule has 7 heteroatoms. The number of anilines is 1. The Morgan fingerprint density at radius 2 is 1.88 bits per heavy atom. The molecule has 0 aliphatic rings. The smallest absolute Gasteiger partial charge is 0.270 e. The minimum absolute atomic E-state index is 0.0549. The van der Waals surface area contributed by atoms with Gasteiger partial charge in [0.25, 0.3) is 5.69 Å². The lowest BCUT2D eigenvalue weighted by Gasteiger charge is -2.11. The number of hydrogen-bond acceptors (Lipinski definition) is 5. The maximum Gasteiger partial charge on any atom is 0.270 e. The Bertz CT molecular complexity index is 1030. The lowest BCUT2D eigenvalue weighted by Crippen LogP contribution is -2.00. The first-order valence-corrected chi connectivity index (χ1v) is 7.21. The molecule has 0 saturated carbocycles. The zero-order valence-electron chi connectivity index (χ0n) is 12.8. The van der Waals surface area contributed by atoms with E-state index in [0.717, 1.165) is 0 Å². The first kappa shape index (κ1) is 16.1. The van der Waals surface area contributed by atoms with Crippen LogP contribution in [0.5, 0.6) is 0 Å². The van der Waals surface area contributed by atoms with Gasteiger partial charge in [0.2, 0.25) is 0 Å². The molecule has 0 radical (unpaired) electrons. The van der Waals surface area contributed by atoms with Gasteiger partial charge in [0, 0.05) is 28.8 Å². The number of nitriles is 1. The Balaban J connectivity index is 2.25. The average Bonchev–Trinajstić information content (AvgIpc) is 2.61. The Hall–Kier alpha value is -3.79. The van der Waals surface area contributed by atoms with E-state index >= 15 is 0 Å². The summed E-state index contributed by atoms with van der Waals surface area (Å²) in [4.78, 5) is 14.6. The molecule has 0 amide bonds. The molecule has 122 valence electrons. The predicted molar refractivity (Wildman–Crippen MR) is 90.8 cm³/mol. The van der Waals surface area contributed by atoms with Gasteiger partial charge in [-0.15, -0.1) is 0 Å². The fourth-order valence-electron chi connectivity index (χ4n) is 2.50. The SMILES string of the molecule is N#Cc1c(-c2ccccc2F)cc(-c2cccc([N+](=O)[O-])c2)nc1N. The number of pyridine rings is 1. The van der Waals surface area contributed by atoms with Crippen molar-refractivity contribution in [3.05, 3.63) is 76.1 Å². The van der Waals surface area contributed by atoms with Crippen molar-refractivity contribution in [2.45, 2.75) is 0 Å². The van der Waals surface area contributed by atoms with E-state index in [1.807, 2.05) is 6.07 Å². The number of nitrogen functional groups attached to an aromatic ring is 1. The van der Waals surface area contributed by atoms with Gasteiger partial charge in [0.15, 0.2) is 0 Å². The molecule has 0 unspecified atom stereocenters. The van der Waals surface area contributed by atoms with E-state index in [4.69, 9.17) is 5.73 Å². The van der Waals surface area contributed by atoms with E-state index in [0.29, 0.717) is 11.3 Å². The Kier molecular flexibility index (Phi) is 4.10. The number of aromatic nitrogens is 1. The van der Waals surface area contributed by atoms with Crippen LogP contribution >= 0.6 is 0 Å². The molecule has 3 rings (SSSR count). The number of benzene rings is 2. The summed E-state index contributed by atoms with van der Waals surface area (Å²) in [6.45, 7) is 0. The number of non-ortho nitro benzene ring substituents is 1. The molecule has 1 aromatic heterocycles. The van der Waals surface area contributed by atoms with E-state index in [9.17, 15) is 19.8 Å². The summed E-state index contributed by atoms with van der Waals surface area (Å²) in [5, 5.41) is 20.3. The summed E-state index contributed by atoms with van der Waals surface area (Å²) in [5.74, 6) is -0.570. The third-order valence-electron chi connectivity index (χ3n) is 3.68. The number of halogens is 1. The van der Waals surface area contributed by atoms with Crippen molar-refractivity contribution in [2.24, 2.45) is 0 Å². The van der Waals surface area contributed by atoms with Crippen LogP contribution in [0.15, 0.2) is 54.6 Å². The molecule has 0 saturated heterocycles. The molecule has 25 heavy (non-hydrogen) atoms. The van der Waals surface area contributed by atoms with Crippen LogP contribution in [0.3, 0.4) is 0 Å². The fraction of sp³-hybridized carbons (Fsp3) is 0. The summed E-state index contributed by atoms with van der Waals surface area (Å²) in [5.41, 5.74) is 7.08. The molecule has 6 nitrogen and oxygen atoms in total. The van der Waals surface area contributed by atoms with Gasteiger partial charge >= 0.3 is 0 Å². The van der Waals surface area contributed by atoms with Crippen molar-refractivity contribution in [3.8, 4) is 28.5 Å². The molecule has 0 spiro atoms. The van der Waals surface area contributed by atoms with Gasteiger partial charge in [-0.1, -0.05) is 30.3 Å². The van der Waals surface area contributed by atoms with Crippen LogP contribution in [-0.2, 0) is 0 Å². The Morgan fingerprint density at radius 1 is 1.12 bits per heavy atom. The Morgan fingerprint density at radius 3 is 2.56 bits per heavy atom. The van der Waals surface area contributed by atoms with Gasteiger partial charge in [-0.25, -0.2) is 9.37 Å². The zero-order valence-corrected chi connectivity index (χ0v) is 12.8. The lowest BCUT2D eigenvalue weighted by atomic mass is 9.98. The molecular formula is C18H11FN4O2. The van der Waals surface area contributed by atoms with Gasteiger partial charge in [-0.2, -0.15) is 5.26 Å². The van der Waals surface area contributed by atoms with Gasteiger partial charge in [-0.05, 0) is 12.1 Å². The van der Waals surface area contributed by atoms with Crippen LogP contribution in [-0.4, -0.2) is 9.91 Å². The molecule has 0 aliphatic heterocycles. The van der Waals surface area contributed by atoms with Crippen LogP contribution in [0.1, 0.15) is 5.56 Å². The number of nitrogens with two attached hydrogens (primary N) is 1. The van der Waals surface area contributed by atoms with Gasteiger partial charge in [0.1, 0.15) is 23.3 Å². The van der Waals surface area contributed by atoms with Crippen LogP contribution in [0.4, 0.5) is 15.9 Å². The van der Waals surface area contributed by atoms with Gasteiger partial charge < -0.3 is 5.73 Å². The van der Waals surface area contributed by atoms with Crippen molar-refractivity contribution in [1.29, 1.82) is 5.26 Å². The third-order valence-corrected chi connectivity index (χ3v) is 3.68. The predicted octanol–water partition coefficient (Wildman–Crippen LogP) is 3.92. The lowest BCUT2D eigenvalue weighted by molar-refractivity contribution is -0.384. The number of nitro benzene ring substituents is 1. The second kappa shape index (κ2) is 6.37. The monoisotopic (exact) mass is 334 g/mol. The first-order chi connectivity index (χ1) is 12.0. The molecule has 1 heterocycles. The van der Waals surface area contributed by atoms with Crippen molar-refractivity contribution in [3.63, 3.8) is 0 Å². The fourth-order valence-corrected chi connectivity index (χ4v) is 2.50. The number of rotatable bonds is 3. The Labute approximate surface area is 142 Å². The van der Waals surface area contributed by atoms with Crippen molar-refractivity contribution < 1.29 is 9.31 Å². The van der Waals surface area contributed by atoms with E-state index in [2.05, 4.69) is 4.98 Å². The molecule has 2 aromatic carbocycles. The quantitative estimate of drug-likeness (QED) is 0.577. The van der Waals surface area contributed by atoms with E-state index in [-0.39, 0.29) is 28.2 Å². The van der Waals surface area contributed by atoms with Crippen LogP contribution in [0.25, 0.3) is 22.4 Å². The molecule has 0 fully saturated rings. The van der Waals surface area contributed by atoms with Crippen molar-refractivity contribution in [2.75, 3.05) is 5.73 Å². The van der Waals surface area contributed by atoms with E-state index in [1.165, 1.54) is 42.5 Å². The van der Waals surface area contributed by atoms with Crippen molar-refractivity contribution in [1.82, 2.24) is 4.98 Å². The second-order valence-electron chi connectivity index (χ2n) is 5.21. The third kappa shape index (κ3) is 3.01. The van der Waals surface area contributed by atoms with Crippen LogP contribution in [0.2, 0.25) is 0 Å². The van der Waals surface area contributed by atoms with E-state index in [1.54, 1.807) is 12.1 Å². The standard InChI is InChI=1S/C18H11FN4O2/c19-16-7-2-1-6-13(16)14-9-17(22-18(21)15(14)10-20)11-4-3-5-12(8-11)23(24)25/h1-9H,(H2,21,22). The van der Waals surface area contributed by atoms with E-state index < -0.39 is 10.7 Å². The first-order valence-electron chi connectivity index (χ1n) is 7.21. The summed E-state index contributed by atoms with van der Waals surface area (Å²) in [6.07, 6.45) is 0. The maximum atomic E-state index is 14.2. The summed E-state index contributed by atoms with van der Waals surface area (Å²) in [6, 6.07) is 15.3. The molecule has 2 N–H and O–H groups in total. The highest BCUT2D eigenvalue weighted by Crippen LogP contribution is 2.33. The summed E-state index contributed by atoms with van der Waals surface area (Å²) < 4.78 is 14.2. The number of nitrogens with zero attached hydrogens (tertiary/aromatic N) is 3. The highest BCUT2D eigenvalue weighted by atomic mass is 19.1. The van der Waals surface area contributed by atoms with Gasteiger partial charge in [-0.3, -0.25) is 10.1 Å². The van der Waals surface area contributed by atoms with Gasteiger partial charge in [0.05, 0.1) is 10.6 Å². The van der Waals surface area contributed by atoms with Crippen molar-refractivity contribution >= 4 is 11.5 Å². The minimum atomic E-state index is -0.520. The normalized spacial score (nSPS) is 10.2. The summed E-state index contributed by atoms with van der Waals surface area (Å²) in [7, 11) is 0. The highest BCUT2D eigenvalue weighted by Gasteiger charge is 2.17. The number of hydrogen-bond donors (Lipinski definition) is 1. The highest BCUT2D eigenvalue weighted by molar-refractivity contribution is 5.80. The molecule has 0 aliphatic carbocycles. The molecule has 0 bridgehead atoms. The maximum absolute atomic E-state index is 14.2. The zero-order chi connectivity index (χ0) is 18.0. The molecule has 3 aromatic rings.